The summed E-state index contributed by atoms with van der Waals surface area (Å²) in [6.45, 7) is 0. The van der Waals surface area contributed by atoms with E-state index in [0.29, 0.717) is 22.9 Å². The van der Waals surface area contributed by atoms with Crippen LogP contribution in [0.1, 0.15) is 24.8 Å². The molecule has 6 rings (SSSR count). The number of benzene rings is 2. The monoisotopic (exact) mass is 476 g/mol. The van der Waals surface area contributed by atoms with Gasteiger partial charge in [0, 0.05) is 17.4 Å². The molecule has 0 aliphatic heterocycles. The Balaban J connectivity index is 1.53. The highest BCUT2D eigenvalue weighted by molar-refractivity contribution is 5.84. The van der Waals surface area contributed by atoms with Crippen LogP contribution in [-0.2, 0) is 5.54 Å². The molecule has 8 nitrogen and oxygen atoms in total. The Hall–Kier alpha value is -4.72. The zero-order valence-corrected chi connectivity index (χ0v) is 19.4. The van der Waals surface area contributed by atoms with Gasteiger partial charge in [-0.05, 0) is 61.2 Å². The van der Waals surface area contributed by atoms with Crippen molar-refractivity contribution in [2.75, 3.05) is 5.73 Å². The van der Waals surface area contributed by atoms with Gasteiger partial charge >= 0.3 is 6.09 Å². The van der Waals surface area contributed by atoms with Gasteiger partial charge in [-0.2, -0.15) is 0 Å². The van der Waals surface area contributed by atoms with E-state index in [2.05, 4.69) is 10.3 Å². The molecule has 178 valence electrons. The smallest absolute Gasteiger partial charge is 0.405 e. The summed E-state index contributed by atoms with van der Waals surface area (Å²) in [7, 11) is 0. The SMILES string of the molecule is Nc1ncccc1-c1nc2ccc(-c3ccccc3)nc2n1-c1ccc(C2(NC(=O)O)CCC2)cc1. The number of nitrogens with two attached hydrogens (primary N) is 1. The average Bonchev–Trinajstić information content (AvgIpc) is 3.25. The highest BCUT2D eigenvalue weighted by atomic mass is 16.4. The molecule has 8 heteroatoms. The molecule has 1 fully saturated rings. The standard InChI is InChI=1S/C28H24N6O2/c29-24-21(8-4-17-30-24)25-32-23-14-13-22(18-6-2-1-3-7-18)31-26(23)34(25)20-11-9-19(10-12-20)28(15-5-16-28)33-27(35)36/h1-4,6-14,17,33H,5,15-16H2,(H2,29,30)(H,35,36). The van der Waals surface area contributed by atoms with Crippen LogP contribution in [0.5, 0.6) is 0 Å². The summed E-state index contributed by atoms with van der Waals surface area (Å²) < 4.78 is 1.98. The van der Waals surface area contributed by atoms with E-state index in [9.17, 15) is 9.90 Å². The second-order valence-electron chi connectivity index (χ2n) is 9.02. The minimum absolute atomic E-state index is 0.382. The second kappa shape index (κ2) is 8.49. The summed E-state index contributed by atoms with van der Waals surface area (Å²) in [5.41, 5.74) is 11.5. The van der Waals surface area contributed by atoms with Gasteiger partial charge in [-0.1, -0.05) is 42.5 Å². The number of fused-ring (bicyclic) bond motifs is 1. The van der Waals surface area contributed by atoms with Gasteiger partial charge in [0.25, 0.3) is 0 Å². The molecule has 0 bridgehead atoms. The van der Waals surface area contributed by atoms with E-state index in [1.807, 2.05) is 83.4 Å². The Morgan fingerprint density at radius 2 is 1.72 bits per heavy atom. The van der Waals surface area contributed by atoms with E-state index >= 15 is 0 Å². The number of nitrogens with zero attached hydrogens (tertiary/aromatic N) is 4. The van der Waals surface area contributed by atoms with Crippen LogP contribution in [0.3, 0.4) is 0 Å². The third-order valence-corrected chi connectivity index (χ3v) is 6.88. The summed E-state index contributed by atoms with van der Waals surface area (Å²) >= 11 is 0. The maximum atomic E-state index is 11.4. The van der Waals surface area contributed by atoms with Gasteiger partial charge in [0.2, 0.25) is 0 Å². The molecular weight excluding hydrogens is 452 g/mol. The number of imidazole rings is 1. The maximum Gasteiger partial charge on any atom is 0.405 e. The molecular formula is C28H24N6O2. The van der Waals surface area contributed by atoms with Crippen LogP contribution in [0.4, 0.5) is 10.6 Å². The molecule has 1 aliphatic carbocycles. The van der Waals surface area contributed by atoms with E-state index in [1.165, 1.54) is 0 Å². The van der Waals surface area contributed by atoms with Crippen LogP contribution in [0.15, 0.2) is 85.1 Å². The molecule has 5 aromatic rings. The Kier molecular flexibility index (Phi) is 5.14. The predicted molar refractivity (Wildman–Crippen MR) is 139 cm³/mol. The highest BCUT2D eigenvalue weighted by Gasteiger charge is 2.40. The van der Waals surface area contributed by atoms with Gasteiger partial charge in [-0.25, -0.2) is 19.7 Å². The zero-order valence-electron chi connectivity index (χ0n) is 19.4. The van der Waals surface area contributed by atoms with Crippen molar-refractivity contribution in [3.63, 3.8) is 0 Å². The minimum Gasteiger partial charge on any atom is -0.465 e. The molecule has 1 amide bonds. The number of pyridine rings is 2. The number of nitrogen functional groups attached to an aromatic ring is 1. The zero-order chi connectivity index (χ0) is 24.7. The van der Waals surface area contributed by atoms with Crippen molar-refractivity contribution in [1.29, 1.82) is 0 Å². The van der Waals surface area contributed by atoms with Crippen molar-refractivity contribution in [3.05, 3.63) is 90.6 Å². The first-order valence-electron chi connectivity index (χ1n) is 11.8. The van der Waals surface area contributed by atoms with Crippen LogP contribution in [0, 0.1) is 0 Å². The predicted octanol–water partition coefficient (Wildman–Crippen LogP) is 5.38. The van der Waals surface area contributed by atoms with E-state index in [0.717, 1.165) is 47.3 Å². The summed E-state index contributed by atoms with van der Waals surface area (Å²) in [6.07, 6.45) is 3.20. The third-order valence-electron chi connectivity index (χ3n) is 6.88. The van der Waals surface area contributed by atoms with Crippen LogP contribution in [0.25, 0.3) is 39.5 Å². The fraction of sp³-hybridized carbons (Fsp3) is 0.143. The van der Waals surface area contributed by atoms with Crippen molar-refractivity contribution in [2.45, 2.75) is 24.8 Å². The van der Waals surface area contributed by atoms with Gasteiger partial charge in [0.1, 0.15) is 11.3 Å². The fourth-order valence-electron chi connectivity index (χ4n) is 4.91. The van der Waals surface area contributed by atoms with E-state index in [1.54, 1.807) is 6.20 Å². The summed E-state index contributed by atoms with van der Waals surface area (Å²) in [4.78, 5) is 25.5. The van der Waals surface area contributed by atoms with Crippen LogP contribution < -0.4 is 11.1 Å². The Labute approximate surface area is 207 Å². The lowest BCUT2D eigenvalue weighted by Gasteiger charge is -2.42. The topological polar surface area (TPSA) is 119 Å². The molecule has 2 aromatic carbocycles. The number of carboxylic acid groups (broad SMARTS) is 1. The molecule has 3 heterocycles. The van der Waals surface area contributed by atoms with Crippen molar-refractivity contribution >= 4 is 23.1 Å². The summed E-state index contributed by atoms with van der Waals surface area (Å²) in [5.74, 6) is 1.02. The number of rotatable bonds is 5. The molecule has 1 aliphatic rings. The van der Waals surface area contributed by atoms with Gasteiger partial charge in [0.15, 0.2) is 11.5 Å². The molecule has 0 unspecified atom stereocenters. The normalized spacial score (nSPS) is 14.3. The van der Waals surface area contributed by atoms with Gasteiger partial charge in [-0.3, -0.25) is 4.57 Å². The number of hydrogen-bond acceptors (Lipinski definition) is 5. The van der Waals surface area contributed by atoms with Gasteiger partial charge in [-0.15, -0.1) is 0 Å². The van der Waals surface area contributed by atoms with Crippen LogP contribution in [-0.4, -0.2) is 30.7 Å². The molecule has 0 spiro atoms. The van der Waals surface area contributed by atoms with Crippen molar-refractivity contribution < 1.29 is 9.90 Å². The molecule has 0 radical (unpaired) electrons. The quantitative estimate of drug-likeness (QED) is 0.313. The van der Waals surface area contributed by atoms with Crippen molar-refractivity contribution in [2.24, 2.45) is 0 Å². The van der Waals surface area contributed by atoms with Crippen LogP contribution >= 0.6 is 0 Å². The highest BCUT2D eigenvalue weighted by Crippen LogP contribution is 2.42. The molecule has 4 N–H and O–H groups in total. The lowest BCUT2D eigenvalue weighted by Crippen LogP contribution is -2.50. The number of nitrogens with one attached hydrogen (secondary N) is 1. The van der Waals surface area contributed by atoms with Crippen molar-refractivity contribution in [1.82, 2.24) is 24.8 Å². The number of aromatic nitrogens is 4. The third kappa shape index (κ3) is 3.63. The number of hydrogen-bond donors (Lipinski definition) is 3. The average molecular weight is 477 g/mol. The largest absolute Gasteiger partial charge is 0.465 e. The Bertz CT molecular complexity index is 1570. The number of amides is 1. The molecule has 36 heavy (non-hydrogen) atoms. The van der Waals surface area contributed by atoms with E-state index in [-0.39, 0.29) is 0 Å². The van der Waals surface area contributed by atoms with Crippen molar-refractivity contribution in [3.8, 4) is 28.3 Å². The lowest BCUT2D eigenvalue weighted by atomic mass is 9.72. The van der Waals surface area contributed by atoms with Crippen LogP contribution in [0.2, 0.25) is 0 Å². The minimum atomic E-state index is -1.01. The van der Waals surface area contributed by atoms with Gasteiger partial charge < -0.3 is 16.2 Å². The summed E-state index contributed by atoms with van der Waals surface area (Å²) in [5, 5.41) is 12.1. The second-order valence-corrected chi connectivity index (χ2v) is 9.02. The van der Waals surface area contributed by atoms with E-state index < -0.39 is 11.6 Å². The summed E-state index contributed by atoms with van der Waals surface area (Å²) in [6, 6.07) is 25.6. The molecule has 0 saturated heterocycles. The molecule has 3 aromatic heterocycles. The van der Waals surface area contributed by atoms with E-state index in [4.69, 9.17) is 15.7 Å². The molecule has 1 saturated carbocycles. The molecule has 0 atom stereocenters. The maximum absolute atomic E-state index is 11.4. The Morgan fingerprint density at radius 1 is 0.944 bits per heavy atom. The number of anilines is 1. The Morgan fingerprint density at radius 3 is 2.39 bits per heavy atom. The first kappa shape index (κ1) is 21.8. The number of carbonyl (C=O) groups is 1. The fourth-order valence-corrected chi connectivity index (χ4v) is 4.91. The lowest BCUT2D eigenvalue weighted by molar-refractivity contribution is 0.144. The first-order valence-corrected chi connectivity index (χ1v) is 11.8. The van der Waals surface area contributed by atoms with Gasteiger partial charge in [0.05, 0.1) is 16.8 Å². The first-order chi connectivity index (χ1) is 17.5.